The second-order valence-electron chi connectivity index (χ2n) is 8.68. The average molecular weight is 441 g/mol. The third-order valence-electron chi connectivity index (χ3n) is 6.35. The van der Waals surface area contributed by atoms with Gasteiger partial charge in [0.05, 0.1) is 0 Å². The summed E-state index contributed by atoms with van der Waals surface area (Å²) in [5, 5.41) is 14.2. The van der Waals surface area contributed by atoms with E-state index >= 15 is 0 Å². The van der Waals surface area contributed by atoms with Crippen LogP contribution in [0.1, 0.15) is 49.0 Å². The van der Waals surface area contributed by atoms with E-state index < -0.39 is 0 Å². The number of benzene rings is 1. The van der Waals surface area contributed by atoms with Gasteiger partial charge in [-0.2, -0.15) is 0 Å². The van der Waals surface area contributed by atoms with Crippen molar-refractivity contribution in [2.75, 3.05) is 25.0 Å². The molecule has 0 spiro atoms. The van der Waals surface area contributed by atoms with Crippen LogP contribution in [0.2, 0.25) is 0 Å². The van der Waals surface area contributed by atoms with Crippen molar-refractivity contribution >= 4 is 33.3 Å². The number of hydrogen-bond donors (Lipinski definition) is 2. The number of likely N-dealkylation sites (N-methyl/N-ethyl adjacent to an activating group) is 1. The van der Waals surface area contributed by atoms with Crippen molar-refractivity contribution in [1.82, 2.24) is 25.4 Å². The molecule has 3 atom stereocenters. The fourth-order valence-electron chi connectivity index (χ4n) is 4.38. The number of carbonyl (C=O) groups is 1. The Morgan fingerprint density at radius 1 is 1.26 bits per heavy atom. The van der Waals surface area contributed by atoms with Crippen molar-refractivity contribution in [1.29, 1.82) is 0 Å². The van der Waals surface area contributed by atoms with Crippen LogP contribution in [-0.4, -0.2) is 64.3 Å². The Hall–Kier alpha value is -2.45. The van der Waals surface area contributed by atoms with E-state index in [1.165, 1.54) is 22.3 Å². The van der Waals surface area contributed by atoms with Gasteiger partial charge in [0.1, 0.15) is 0 Å². The van der Waals surface area contributed by atoms with Crippen LogP contribution >= 0.6 is 11.3 Å². The van der Waals surface area contributed by atoms with E-state index in [0.717, 1.165) is 43.0 Å². The highest BCUT2D eigenvalue weighted by Gasteiger charge is 2.29. The van der Waals surface area contributed by atoms with Gasteiger partial charge in [0.15, 0.2) is 0 Å². The minimum absolute atomic E-state index is 0.0627. The normalized spacial score (nSPS) is 20.8. The molecule has 31 heavy (non-hydrogen) atoms. The number of aromatic nitrogens is 3. The molecule has 1 aliphatic heterocycles. The molecule has 2 N–H and O–H groups in total. The van der Waals surface area contributed by atoms with E-state index in [-0.39, 0.29) is 11.9 Å². The third-order valence-corrected chi connectivity index (χ3v) is 7.34. The number of rotatable bonds is 7. The van der Waals surface area contributed by atoms with E-state index in [1.807, 2.05) is 6.07 Å². The SMILES string of the molecule is CCCC(Cc1c[nH]c2ccccc12)NC(=O)c1nnc(N2C[C@@H](C)N(C)[C@H](C)C2)s1. The van der Waals surface area contributed by atoms with E-state index in [4.69, 9.17) is 0 Å². The van der Waals surface area contributed by atoms with Crippen LogP contribution < -0.4 is 10.2 Å². The maximum absolute atomic E-state index is 13.0. The lowest BCUT2D eigenvalue weighted by Crippen LogP contribution is -2.55. The largest absolute Gasteiger partial charge is 0.361 e. The summed E-state index contributed by atoms with van der Waals surface area (Å²) in [7, 11) is 2.16. The molecule has 0 bridgehead atoms. The lowest BCUT2D eigenvalue weighted by molar-refractivity contribution is 0.0933. The lowest BCUT2D eigenvalue weighted by atomic mass is 10.0. The summed E-state index contributed by atoms with van der Waals surface area (Å²) >= 11 is 1.39. The molecule has 1 aliphatic rings. The zero-order chi connectivity index (χ0) is 22.0. The van der Waals surface area contributed by atoms with E-state index in [2.05, 4.69) is 82.5 Å². The van der Waals surface area contributed by atoms with Crippen molar-refractivity contribution in [3.05, 3.63) is 41.0 Å². The molecule has 166 valence electrons. The number of amides is 1. The number of nitrogens with zero attached hydrogens (tertiary/aromatic N) is 4. The molecule has 1 amide bonds. The van der Waals surface area contributed by atoms with Crippen LogP contribution in [0.4, 0.5) is 5.13 Å². The molecule has 1 unspecified atom stereocenters. The molecule has 7 nitrogen and oxygen atoms in total. The molecular formula is C23H32N6OS. The Kier molecular flexibility index (Phi) is 6.57. The van der Waals surface area contributed by atoms with Gasteiger partial charge in [-0.25, -0.2) is 0 Å². The van der Waals surface area contributed by atoms with Crippen LogP contribution in [-0.2, 0) is 6.42 Å². The number of nitrogens with one attached hydrogen (secondary N) is 2. The van der Waals surface area contributed by atoms with Crippen LogP contribution in [0.25, 0.3) is 10.9 Å². The molecule has 1 fully saturated rings. The zero-order valence-corrected chi connectivity index (χ0v) is 19.6. The van der Waals surface area contributed by atoms with E-state index in [0.29, 0.717) is 17.1 Å². The van der Waals surface area contributed by atoms with Crippen LogP contribution in [0.5, 0.6) is 0 Å². The number of para-hydroxylation sites is 1. The fourth-order valence-corrected chi connectivity index (χ4v) is 5.15. The third kappa shape index (κ3) is 4.75. The maximum Gasteiger partial charge on any atom is 0.282 e. The summed E-state index contributed by atoms with van der Waals surface area (Å²) in [5.41, 5.74) is 2.36. The van der Waals surface area contributed by atoms with Crippen LogP contribution in [0.3, 0.4) is 0 Å². The highest BCUT2D eigenvalue weighted by Crippen LogP contribution is 2.25. The van der Waals surface area contributed by atoms with Crippen molar-refractivity contribution in [3.8, 4) is 0 Å². The minimum atomic E-state index is -0.128. The van der Waals surface area contributed by atoms with Crippen molar-refractivity contribution in [2.45, 2.75) is 58.2 Å². The summed E-state index contributed by atoms with van der Waals surface area (Å²) in [6, 6.07) is 9.23. The Morgan fingerprint density at radius 3 is 2.74 bits per heavy atom. The predicted octanol–water partition coefficient (Wildman–Crippen LogP) is 3.69. The van der Waals surface area contributed by atoms with Gasteiger partial charge in [0, 0.05) is 48.3 Å². The molecule has 4 rings (SSSR count). The number of H-pyrrole nitrogens is 1. The summed E-state index contributed by atoms with van der Waals surface area (Å²) < 4.78 is 0. The molecule has 3 heterocycles. The second kappa shape index (κ2) is 9.36. The van der Waals surface area contributed by atoms with Gasteiger partial charge in [-0.05, 0) is 45.4 Å². The van der Waals surface area contributed by atoms with Crippen molar-refractivity contribution < 1.29 is 4.79 Å². The van der Waals surface area contributed by atoms with Crippen molar-refractivity contribution in [2.24, 2.45) is 0 Å². The molecule has 2 aromatic heterocycles. The highest BCUT2D eigenvalue weighted by molar-refractivity contribution is 7.17. The standard InChI is InChI=1S/C23H32N6OS/c1-5-8-18(11-17-12-24-20-10-7-6-9-19(17)20)25-21(30)22-26-27-23(31-22)29-13-15(2)28(4)16(3)14-29/h6-7,9-10,12,15-16,18,24H,5,8,11,13-14H2,1-4H3,(H,25,30)/t15-,16-,18?/m1/s1. The maximum atomic E-state index is 13.0. The number of piperazine rings is 1. The molecule has 8 heteroatoms. The zero-order valence-electron chi connectivity index (χ0n) is 18.8. The summed E-state index contributed by atoms with van der Waals surface area (Å²) in [6.45, 7) is 8.38. The Morgan fingerprint density at radius 2 is 2.00 bits per heavy atom. The molecule has 0 aliphatic carbocycles. The predicted molar refractivity (Wildman–Crippen MR) is 127 cm³/mol. The summed E-state index contributed by atoms with van der Waals surface area (Å²) in [6.07, 6.45) is 4.77. The first kappa shape index (κ1) is 21.8. The van der Waals surface area contributed by atoms with Gasteiger partial charge in [-0.1, -0.05) is 42.9 Å². The molecule has 0 radical (unpaired) electrons. The van der Waals surface area contributed by atoms with Gasteiger partial charge in [-0.3, -0.25) is 9.69 Å². The molecule has 1 aromatic carbocycles. The average Bonchev–Trinajstić information content (AvgIpc) is 3.40. The quantitative estimate of drug-likeness (QED) is 0.586. The number of carbonyl (C=O) groups excluding carboxylic acids is 1. The smallest absolute Gasteiger partial charge is 0.282 e. The molecular weight excluding hydrogens is 408 g/mol. The highest BCUT2D eigenvalue weighted by atomic mass is 32.1. The number of anilines is 1. The van der Waals surface area contributed by atoms with Gasteiger partial charge >= 0.3 is 0 Å². The summed E-state index contributed by atoms with van der Waals surface area (Å²) in [5.74, 6) is -0.128. The number of aromatic amines is 1. The van der Waals surface area contributed by atoms with Gasteiger partial charge in [-0.15, -0.1) is 10.2 Å². The fraction of sp³-hybridized carbons (Fsp3) is 0.522. The summed E-state index contributed by atoms with van der Waals surface area (Å²) in [4.78, 5) is 20.9. The Bertz CT molecular complexity index is 1020. The number of fused-ring (bicyclic) bond motifs is 1. The second-order valence-corrected chi connectivity index (χ2v) is 9.64. The first-order valence-electron chi connectivity index (χ1n) is 11.1. The van der Waals surface area contributed by atoms with Gasteiger partial charge < -0.3 is 15.2 Å². The minimum Gasteiger partial charge on any atom is -0.361 e. The Balaban J connectivity index is 1.43. The Labute approximate surface area is 187 Å². The van der Waals surface area contributed by atoms with Crippen LogP contribution in [0.15, 0.2) is 30.5 Å². The first-order valence-corrected chi connectivity index (χ1v) is 11.9. The molecule has 3 aromatic rings. The van der Waals surface area contributed by atoms with E-state index in [9.17, 15) is 4.79 Å². The van der Waals surface area contributed by atoms with Crippen LogP contribution in [0, 0.1) is 0 Å². The monoisotopic (exact) mass is 440 g/mol. The van der Waals surface area contributed by atoms with Crippen molar-refractivity contribution in [3.63, 3.8) is 0 Å². The number of hydrogen-bond acceptors (Lipinski definition) is 6. The first-order chi connectivity index (χ1) is 15.0. The van der Waals surface area contributed by atoms with E-state index in [1.54, 1.807) is 0 Å². The topological polar surface area (TPSA) is 77.1 Å². The molecule has 0 saturated carbocycles. The van der Waals surface area contributed by atoms with Gasteiger partial charge in [0.2, 0.25) is 10.1 Å². The van der Waals surface area contributed by atoms with Gasteiger partial charge in [0.25, 0.3) is 5.91 Å². The lowest BCUT2D eigenvalue weighted by Gasteiger charge is -2.42. The molecule has 1 saturated heterocycles.